The number of carbonyl (C=O) groups is 3. The molecule has 2 rings (SSSR count). The van der Waals surface area contributed by atoms with Gasteiger partial charge in [-0.15, -0.1) is 0 Å². The molecule has 1 unspecified atom stereocenters. The van der Waals surface area contributed by atoms with Crippen LogP contribution < -0.4 is 5.32 Å². The second kappa shape index (κ2) is 11.5. The van der Waals surface area contributed by atoms with Crippen LogP contribution in [0.3, 0.4) is 0 Å². The average molecular weight is 518 g/mol. The molecule has 0 aliphatic heterocycles. The number of benzene rings is 2. The molecule has 0 saturated carbocycles. The smallest absolute Gasteiger partial charge is 0.413 e. The number of carboxylic acid groups (broad SMARTS) is 1. The number of carbonyl (C=O) groups excluding carboxylic acids is 2. The Hall–Kier alpha value is -3.14. The van der Waals surface area contributed by atoms with Gasteiger partial charge in [-0.3, -0.25) is 9.59 Å². The maximum absolute atomic E-state index is 14.0. The molecule has 0 radical (unpaired) electrons. The minimum atomic E-state index is -5.62. The third-order valence-electron chi connectivity index (χ3n) is 5.20. The van der Waals surface area contributed by atoms with Crippen molar-refractivity contribution in [2.24, 2.45) is 5.92 Å². The molecule has 0 aromatic heterocycles. The van der Waals surface area contributed by atoms with Crippen molar-refractivity contribution < 1.29 is 41.8 Å². The molecule has 2 atom stereocenters. The highest BCUT2D eigenvalue weighted by atomic mass is 35.5. The maximum atomic E-state index is 14.0. The van der Waals surface area contributed by atoms with Crippen LogP contribution in [-0.2, 0) is 25.5 Å². The minimum absolute atomic E-state index is 0.0636. The number of alkyl halides is 4. The van der Waals surface area contributed by atoms with Crippen LogP contribution in [0.15, 0.2) is 48.5 Å². The summed E-state index contributed by atoms with van der Waals surface area (Å²) in [5, 5.41) is 10.7. The van der Waals surface area contributed by atoms with E-state index in [0.717, 1.165) is 11.1 Å². The number of esters is 1. The molecule has 11 heteroatoms. The molecule has 0 saturated heterocycles. The fraction of sp³-hybridized carbons (Fsp3) is 0.375. The quantitative estimate of drug-likeness (QED) is 0.324. The van der Waals surface area contributed by atoms with Gasteiger partial charge >= 0.3 is 23.8 Å². The van der Waals surface area contributed by atoms with Crippen LogP contribution in [0.4, 0.5) is 17.6 Å². The van der Waals surface area contributed by atoms with Crippen molar-refractivity contribution in [3.05, 3.63) is 59.1 Å². The maximum Gasteiger partial charge on any atom is 0.413 e. The molecule has 0 aliphatic rings. The Balaban J connectivity index is 2.26. The summed E-state index contributed by atoms with van der Waals surface area (Å²) in [7, 11) is 0. The number of carboxylic acids is 1. The van der Waals surface area contributed by atoms with Gasteiger partial charge in [-0.25, -0.2) is 4.79 Å². The summed E-state index contributed by atoms with van der Waals surface area (Å²) < 4.78 is 59.8. The van der Waals surface area contributed by atoms with E-state index in [0.29, 0.717) is 10.6 Å². The van der Waals surface area contributed by atoms with Crippen molar-refractivity contribution in [3.63, 3.8) is 0 Å². The van der Waals surface area contributed by atoms with E-state index < -0.39 is 41.7 Å². The van der Waals surface area contributed by atoms with Gasteiger partial charge in [0.25, 0.3) is 5.91 Å². The van der Waals surface area contributed by atoms with E-state index in [9.17, 15) is 31.9 Å². The lowest BCUT2D eigenvalue weighted by atomic mass is 9.94. The summed E-state index contributed by atoms with van der Waals surface area (Å²) in [5.74, 6) is -18.2. The van der Waals surface area contributed by atoms with Gasteiger partial charge in [0.2, 0.25) is 0 Å². The van der Waals surface area contributed by atoms with Crippen molar-refractivity contribution in [3.8, 4) is 11.1 Å². The highest BCUT2D eigenvalue weighted by Gasteiger charge is 2.67. The Morgan fingerprint density at radius 3 is 2.20 bits per heavy atom. The molecule has 0 fully saturated rings. The van der Waals surface area contributed by atoms with E-state index in [4.69, 9.17) is 21.4 Å². The molecule has 2 N–H and O–H groups in total. The first kappa shape index (κ1) is 28.1. The molecular weight excluding hydrogens is 494 g/mol. The zero-order valence-electron chi connectivity index (χ0n) is 18.9. The van der Waals surface area contributed by atoms with Gasteiger partial charge in [0.15, 0.2) is 0 Å². The van der Waals surface area contributed by atoms with Crippen LogP contribution in [0.5, 0.6) is 0 Å². The summed E-state index contributed by atoms with van der Waals surface area (Å²) >= 11 is 6.00. The molecule has 190 valence electrons. The van der Waals surface area contributed by atoms with Crippen molar-refractivity contribution in [1.29, 1.82) is 0 Å². The molecule has 0 heterocycles. The fourth-order valence-corrected chi connectivity index (χ4v) is 3.53. The number of halogens is 5. The summed E-state index contributed by atoms with van der Waals surface area (Å²) in [4.78, 5) is 34.6. The van der Waals surface area contributed by atoms with E-state index in [1.807, 2.05) is 6.07 Å². The molecule has 0 aliphatic carbocycles. The number of ether oxygens (including phenoxy) is 1. The molecule has 6 nitrogen and oxygen atoms in total. The molecule has 2 aromatic carbocycles. The fourth-order valence-electron chi connectivity index (χ4n) is 3.34. The first-order chi connectivity index (χ1) is 16.3. The highest BCUT2D eigenvalue weighted by molar-refractivity contribution is 6.30. The SMILES string of the molecule is CCOC(=O)[C@H](C)CC(Cc1ccc(-c2cccc(Cl)c2)cc1)NC(=O)C(F)(F)C(F)(F)C(=O)O. The van der Waals surface area contributed by atoms with Crippen LogP contribution in [0, 0.1) is 5.92 Å². The van der Waals surface area contributed by atoms with E-state index in [2.05, 4.69) is 0 Å². The summed E-state index contributed by atoms with van der Waals surface area (Å²) in [6.07, 6.45) is -0.310. The number of rotatable bonds is 11. The number of nitrogens with one attached hydrogen (secondary N) is 1. The highest BCUT2D eigenvalue weighted by Crippen LogP contribution is 2.35. The Kier molecular flexibility index (Phi) is 9.25. The minimum Gasteiger partial charge on any atom is -0.477 e. The largest absolute Gasteiger partial charge is 0.477 e. The van der Waals surface area contributed by atoms with Gasteiger partial charge in [0.1, 0.15) is 0 Å². The topological polar surface area (TPSA) is 92.7 Å². The van der Waals surface area contributed by atoms with Gasteiger partial charge < -0.3 is 15.2 Å². The van der Waals surface area contributed by atoms with Crippen LogP contribution in [-0.4, -0.2) is 47.4 Å². The van der Waals surface area contributed by atoms with Gasteiger partial charge in [0, 0.05) is 11.1 Å². The van der Waals surface area contributed by atoms with Gasteiger partial charge in [0.05, 0.1) is 12.5 Å². The Morgan fingerprint density at radius 1 is 1.03 bits per heavy atom. The van der Waals surface area contributed by atoms with E-state index in [-0.39, 0.29) is 19.4 Å². The standard InChI is InChI=1S/C24H24ClF4NO5/c1-3-35-20(31)14(2)11-19(30-21(32)23(26,27)24(28,29)22(33)34)12-15-7-9-16(10-8-15)17-5-4-6-18(25)13-17/h4-10,13-14,19H,3,11-12H2,1-2H3,(H,30,32)(H,33,34)/t14-,19?/m1/s1. The van der Waals surface area contributed by atoms with E-state index in [1.165, 1.54) is 6.92 Å². The number of amides is 1. The Bertz CT molecular complexity index is 1060. The Morgan fingerprint density at radius 2 is 1.66 bits per heavy atom. The lowest BCUT2D eigenvalue weighted by Crippen LogP contribution is -2.58. The normalized spacial score (nSPS) is 13.6. The van der Waals surface area contributed by atoms with Crippen molar-refractivity contribution in [2.75, 3.05) is 6.61 Å². The van der Waals surface area contributed by atoms with Crippen LogP contribution in [0.1, 0.15) is 25.8 Å². The van der Waals surface area contributed by atoms with Gasteiger partial charge in [-0.2, -0.15) is 17.6 Å². The summed E-state index contributed by atoms with van der Waals surface area (Å²) in [5.41, 5.74) is 2.16. The predicted octanol–water partition coefficient (Wildman–Crippen LogP) is 4.98. The van der Waals surface area contributed by atoms with Gasteiger partial charge in [-0.1, -0.05) is 54.9 Å². The number of aliphatic carboxylic acids is 1. The first-order valence-electron chi connectivity index (χ1n) is 10.6. The van der Waals surface area contributed by atoms with Crippen LogP contribution in [0.2, 0.25) is 5.02 Å². The third kappa shape index (κ3) is 6.94. The van der Waals surface area contributed by atoms with Crippen molar-refractivity contribution in [1.82, 2.24) is 5.32 Å². The lowest BCUT2D eigenvalue weighted by Gasteiger charge is -2.26. The Labute approximate surface area is 204 Å². The van der Waals surface area contributed by atoms with Gasteiger partial charge in [-0.05, 0) is 48.6 Å². The van der Waals surface area contributed by atoms with Crippen molar-refractivity contribution >= 4 is 29.4 Å². The second-order valence-corrected chi connectivity index (χ2v) is 8.36. The molecule has 0 spiro atoms. The molecule has 35 heavy (non-hydrogen) atoms. The zero-order chi connectivity index (χ0) is 26.4. The average Bonchev–Trinajstić information content (AvgIpc) is 2.79. The zero-order valence-corrected chi connectivity index (χ0v) is 19.6. The lowest BCUT2D eigenvalue weighted by molar-refractivity contribution is -0.222. The summed E-state index contributed by atoms with van der Waals surface area (Å²) in [6.45, 7) is 3.07. The van der Waals surface area contributed by atoms with Crippen LogP contribution >= 0.6 is 11.6 Å². The molecule has 0 bridgehead atoms. The molecular formula is C24H24ClF4NO5. The first-order valence-corrected chi connectivity index (χ1v) is 11.0. The van der Waals surface area contributed by atoms with E-state index in [1.54, 1.807) is 54.7 Å². The monoisotopic (exact) mass is 517 g/mol. The molecule has 2 aromatic rings. The van der Waals surface area contributed by atoms with E-state index >= 15 is 0 Å². The molecule has 1 amide bonds. The second-order valence-electron chi connectivity index (χ2n) is 7.92. The number of hydrogen-bond acceptors (Lipinski definition) is 4. The summed E-state index contributed by atoms with van der Waals surface area (Å²) in [6, 6.07) is 12.6. The van der Waals surface area contributed by atoms with Crippen molar-refractivity contribution in [2.45, 2.75) is 44.6 Å². The van der Waals surface area contributed by atoms with Crippen LogP contribution in [0.25, 0.3) is 11.1 Å². The number of hydrogen-bond donors (Lipinski definition) is 2. The predicted molar refractivity (Wildman–Crippen MR) is 120 cm³/mol. The third-order valence-corrected chi connectivity index (χ3v) is 5.44.